The van der Waals surface area contributed by atoms with Crippen molar-refractivity contribution < 1.29 is 54.2 Å². The number of halogens is 8. The highest BCUT2D eigenvalue weighted by Gasteiger charge is 2.51. The number of rotatable bonds is 5. The van der Waals surface area contributed by atoms with Crippen LogP contribution < -0.4 is 9.64 Å². The minimum absolute atomic E-state index is 0.0993. The van der Waals surface area contributed by atoms with Crippen LogP contribution in [0.3, 0.4) is 0 Å². The zero-order valence-corrected chi connectivity index (χ0v) is 18.5. The maximum atomic E-state index is 14.7. The zero-order valence-electron chi connectivity index (χ0n) is 18.5. The predicted octanol–water partition coefficient (Wildman–Crippen LogP) is 5.54. The number of hydrogen-bond donors (Lipinski definition) is 0. The molecule has 4 rings (SSSR count). The van der Waals surface area contributed by atoms with Crippen molar-refractivity contribution in [1.29, 1.82) is 0 Å². The Morgan fingerprint density at radius 3 is 2.05 bits per heavy atom. The van der Waals surface area contributed by atoms with E-state index >= 15 is 0 Å². The lowest BCUT2D eigenvalue weighted by Crippen LogP contribution is -2.51. The Balaban J connectivity index is 1.77. The van der Waals surface area contributed by atoms with E-state index in [0.717, 1.165) is 0 Å². The maximum absolute atomic E-state index is 14.7. The second-order valence-electron chi connectivity index (χ2n) is 7.76. The third-order valence-corrected chi connectivity index (χ3v) is 5.55. The van der Waals surface area contributed by atoms with Crippen molar-refractivity contribution in [2.45, 2.75) is 12.5 Å². The molecule has 1 heterocycles. The molecular weight excluding hydrogens is 518 g/mol. The number of amides is 1. The van der Waals surface area contributed by atoms with Gasteiger partial charge in [-0.3, -0.25) is 9.69 Å². The fourth-order valence-electron chi connectivity index (χ4n) is 3.71. The standard InChI is InChI=1S/C24H13F8NO4/c1-36-22(34)11-4-2-10(3-5-11)6-7-33-14-8-12(13(25)9-15(14)37-24(31,32)23(33)35)16-17(26)19(28)21(30)20(29)18(16)27/h2-5,8-9H,6-7H2,1H3. The fourth-order valence-corrected chi connectivity index (χ4v) is 3.71. The van der Waals surface area contributed by atoms with Crippen LogP contribution >= 0.6 is 0 Å². The first-order chi connectivity index (χ1) is 17.4. The van der Waals surface area contributed by atoms with Crippen molar-refractivity contribution in [2.75, 3.05) is 18.6 Å². The van der Waals surface area contributed by atoms with E-state index in [4.69, 9.17) is 0 Å². The summed E-state index contributed by atoms with van der Waals surface area (Å²) in [6, 6.07) is 6.38. The number of methoxy groups -OCH3 is 1. The van der Waals surface area contributed by atoms with Crippen LogP contribution in [0.4, 0.5) is 40.8 Å². The summed E-state index contributed by atoms with van der Waals surface area (Å²) in [7, 11) is 1.17. The second kappa shape index (κ2) is 9.37. The Bertz CT molecular complexity index is 1400. The van der Waals surface area contributed by atoms with Crippen LogP contribution in [0, 0.1) is 34.9 Å². The van der Waals surface area contributed by atoms with Gasteiger partial charge in [0.1, 0.15) is 5.82 Å². The van der Waals surface area contributed by atoms with Crippen molar-refractivity contribution in [2.24, 2.45) is 0 Å². The van der Waals surface area contributed by atoms with Gasteiger partial charge < -0.3 is 9.47 Å². The van der Waals surface area contributed by atoms with E-state index in [-0.39, 0.29) is 18.1 Å². The maximum Gasteiger partial charge on any atom is 0.482 e. The van der Waals surface area contributed by atoms with E-state index in [1.54, 1.807) is 0 Å². The fraction of sp³-hybridized carbons (Fsp3) is 0.167. The van der Waals surface area contributed by atoms with Crippen LogP contribution in [-0.4, -0.2) is 31.6 Å². The molecule has 0 atom stereocenters. The molecule has 37 heavy (non-hydrogen) atoms. The second-order valence-corrected chi connectivity index (χ2v) is 7.76. The Kier molecular flexibility index (Phi) is 6.57. The molecule has 0 bridgehead atoms. The molecule has 0 spiro atoms. The summed E-state index contributed by atoms with van der Waals surface area (Å²) in [5, 5.41) is 0. The molecule has 0 saturated carbocycles. The quantitative estimate of drug-likeness (QED) is 0.188. The van der Waals surface area contributed by atoms with Crippen molar-refractivity contribution >= 4 is 17.6 Å². The van der Waals surface area contributed by atoms with Gasteiger partial charge in [0.05, 0.1) is 23.9 Å². The molecule has 1 aliphatic heterocycles. The average Bonchev–Trinajstić information content (AvgIpc) is 2.87. The number of fused-ring (bicyclic) bond motifs is 1. The topological polar surface area (TPSA) is 55.8 Å². The molecule has 0 unspecified atom stereocenters. The SMILES string of the molecule is COC(=O)c1ccc(CCN2C(=O)C(F)(F)Oc3cc(F)c(-c4c(F)c(F)c(F)c(F)c4F)cc32)cc1. The van der Waals surface area contributed by atoms with E-state index in [1.807, 2.05) is 0 Å². The summed E-state index contributed by atoms with van der Waals surface area (Å²) < 4.78 is 121. The molecule has 194 valence electrons. The number of alkyl halides is 2. The van der Waals surface area contributed by atoms with E-state index in [9.17, 15) is 44.7 Å². The monoisotopic (exact) mass is 531 g/mol. The number of benzene rings is 3. The van der Waals surface area contributed by atoms with E-state index in [0.29, 0.717) is 16.5 Å². The Morgan fingerprint density at radius 1 is 0.919 bits per heavy atom. The lowest BCUT2D eigenvalue weighted by atomic mass is 10.0. The van der Waals surface area contributed by atoms with Crippen LogP contribution in [0.5, 0.6) is 5.75 Å². The molecule has 0 N–H and O–H groups in total. The molecule has 13 heteroatoms. The number of ether oxygens (including phenoxy) is 2. The number of carbonyl (C=O) groups is 2. The Morgan fingerprint density at radius 2 is 1.49 bits per heavy atom. The lowest BCUT2D eigenvalue weighted by molar-refractivity contribution is -0.192. The van der Waals surface area contributed by atoms with Gasteiger partial charge in [-0.1, -0.05) is 12.1 Å². The van der Waals surface area contributed by atoms with E-state index in [1.165, 1.54) is 31.4 Å². The van der Waals surface area contributed by atoms with Gasteiger partial charge in [-0.25, -0.2) is 31.1 Å². The molecule has 0 fully saturated rings. The van der Waals surface area contributed by atoms with Gasteiger partial charge in [0.2, 0.25) is 5.82 Å². The lowest BCUT2D eigenvalue weighted by Gasteiger charge is -2.34. The molecule has 1 amide bonds. The van der Waals surface area contributed by atoms with Crippen LogP contribution in [0.25, 0.3) is 11.1 Å². The number of hydrogen-bond acceptors (Lipinski definition) is 4. The van der Waals surface area contributed by atoms with Crippen molar-refractivity contribution in [3.63, 3.8) is 0 Å². The first-order valence-electron chi connectivity index (χ1n) is 10.3. The predicted molar refractivity (Wildman–Crippen MR) is 111 cm³/mol. The van der Waals surface area contributed by atoms with Gasteiger partial charge in [0.25, 0.3) is 0 Å². The van der Waals surface area contributed by atoms with Crippen LogP contribution in [0.1, 0.15) is 15.9 Å². The number of carbonyl (C=O) groups excluding carboxylic acids is 2. The molecule has 3 aromatic carbocycles. The van der Waals surface area contributed by atoms with Gasteiger partial charge in [-0.15, -0.1) is 0 Å². The summed E-state index contributed by atoms with van der Waals surface area (Å²) >= 11 is 0. The number of nitrogens with zero attached hydrogens (tertiary/aromatic N) is 1. The Labute approximate surface area is 202 Å². The molecule has 0 aromatic heterocycles. The minimum Gasteiger partial charge on any atom is -0.465 e. The molecule has 5 nitrogen and oxygen atoms in total. The van der Waals surface area contributed by atoms with Crippen LogP contribution in [0.2, 0.25) is 0 Å². The minimum atomic E-state index is -4.44. The third-order valence-electron chi connectivity index (χ3n) is 5.55. The molecule has 3 aromatic rings. The molecule has 0 aliphatic carbocycles. The zero-order chi connectivity index (χ0) is 27.2. The van der Waals surface area contributed by atoms with Crippen LogP contribution in [-0.2, 0) is 16.0 Å². The van der Waals surface area contributed by atoms with Crippen molar-refractivity contribution in [3.05, 3.63) is 82.4 Å². The number of esters is 1. The molecule has 0 radical (unpaired) electrons. The summed E-state index contributed by atoms with van der Waals surface area (Å²) in [4.78, 5) is 24.4. The summed E-state index contributed by atoms with van der Waals surface area (Å²) in [6.45, 7) is -0.496. The highest BCUT2D eigenvalue weighted by molar-refractivity contribution is 6.01. The molecule has 1 aliphatic rings. The van der Waals surface area contributed by atoms with Gasteiger partial charge in [-0.05, 0) is 30.2 Å². The largest absolute Gasteiger partial charge is 0.482 e. The number of anilines is 1. The van der Waals surface area contributed by atoms with Crippen molar-refractivity contribution in [1.82, 2.24) is 0 Å². The normalized spacial score (nSPS) is 14.3. The van der Waals surface area contributed by atoms with E-state index < -0.39 is 82.0 Å². The third kappa shape index (κ3) is 4.45. The summed E-state index contributed by atoms with van der Waals surface area (Å²) in [5.41, 5.74) is -2.78. The van der Waals surface area contributed by atoms with Crippen LogP contribution in [0.15, 0.2) is 36.4 Å². The average molecular weight is 531 g/mol. The first-order valence-corrected chi connectivity index (χ1v) is 10.3. The molecule has 0 saturated heterocycles. The molecular formula is C24H13F8NO4. The van der Waals surface area contributed by atoms with Crippen molar-refractivity contribution in [3.8, 4) is 16.9 Å². The summed E-state index contributed by atoms with van der Waals surface area (Å²) in [5.74, 6) is -17.0. The van der Waals surface area contributed by atoms with Gasteiger partial charge in [-0.2, -0.15) is 8.78 Å². The van der Waals surface area contributed by atoms with Gasteiger partial charge >= 0.3 is 18.0 Å². The van der Waals surface area contributed by atoms with Gasteiger partial charge in [0.15, 0.2) is 29.0 Å². The summed E-state index contributed by atoms with van der Waals surface area (Å²) in [6.07, 6.45) is -4.54. The van der Waals surface area contributed by atoms with E-state index in [2.05, 4.69) is 9.47 Å². The highest BCUT2D eigenvalue weighted by atomic mass is 19.3. The highest BCUT2D eigenvalue weighted by Crippen LogP contribution is 2.44. The Hall–Kier alpha value is -4.16. The van der Waals surface area contributed by atoms with Gasteiger partial charge in [0, 0.05) is 18.2 Å². The smallest absolute Gasteiger partial charge is 0.465 e. The first kappa shape index (κ1) is 25.9.